The first-order valence-electron chi connectivity index (χ1n) is 5.21. The van der Waals surface area contributed by atoms with Crippen LogP contribution in [0.5, 0.6) is 0 Å². The van der Waals surface area contributed by atoms with Gasteiger partial charge in [0.2, 0.25) is 11.8 Å². The zero-order valence-electron chi connectivity index (χ0n) is 9.61. The molecule has 0 aliphatic carbocycles. The molecule has 0 aliphatic rings. The van der Waals surface area contributed by atoms with Crippen LogP contribution in [0.25, 0.3) is 0 Å². The van der Waals surface area contributed by atoms with E-state index in [0.717, 1.165) is 6.07 Å². The summed E-state index contributed by atoms with van der Waals surface area (Å²) < 4.78 is 18.2. The molecular formula is C11H14FN3O3. The Bertz CT molecular complexity index is 451. The summed E-state index contributed by atoms with van der Waals surface area (Å²) in [6.45, 7) is 0.285. The van der Waals surface area contributed by atoms with E-state index in [9.17, 15) is 14.0 Å². The molecule has 7 heteroatoms. The summed E-state index contributed by atoms with van der Waals surface area (Å²) in [5, 5.41) is 2.28. The Morgan fingerprint density at radius 3 is 2.72 bits per heavy atom. The number of rotatable bonds is 6. The van der Waals surface area contributed by atoms with Crippen LogP contribution >= 0.6 is 0 Å². The number of benzene rings is 1. The van der Waals surface area contributed by atoms with Gasteiger partial charge in [0.15, 0.2) is 0 Å². The number of ether oxygens (including phenoxy) is 1. The predicted molar refractivity (Wildman–Crippen MR) is 63.4 cm³/mol. The van der Waals surface area contributed by atoms with Crippen molar-refractivity contribution in [3.63, 3.8) is 0 Å². The van der Waals surface area contributed by atoms with Crippen molar-refractivity contribution in [2.45, 2.75) is 0 Å². The second-order valence-electron chi connectivity index (χ2n) is 3.45. The third-order valence-corrected chi connectivity index (χ3v) is 2.02. The number of nitrogens with two attached hydrogens (primary N) is 2. The third-order valence-electron chi connectivity index (χ3n) is 2.02. The Labute approximate surface area is 103 Å². The number of amides is 2. The maximum atomic E-state index is 13.4. The highest BCUT2D eigenvalue weighted by atomic mass is 19.1. The summed E-state index contributed by atoms with van der Waals surface area (Å²) in [5.74, 6) is -1.90. The molecule has 1 aromatic carbocycles. The van der Waals surface area contributed by atoms with Crippen LogP contribution in [0.15, 0.2) is 18.2 Å². The van der Waals surface area contributed by atoms with Gasteiger partial charge in [-0.2, -0.15) is 0 Å². The Balaban J connectivity index is 2.68. The van der Waals surface area contributed by atoms with Gasteiger partial charge in [0.25, 0.3) is 0 Å². The standard InChI is InChI=1S/C11H14FN3O3/c12-8-2-1-7(11(14)17)5-9(8)15-10(16)6-18-4-3-13/h1-2,5H,3-4,6,13H2,(H2,14,17)(H,15,16). The van der Waals surface area contributed by atoms with Gasteiger partial charge in [0.05, 0.1) is 12.3 Å². The van der Waals surface area contributed by atoms with Crippen molar-refractivity contribution in [3.05, 3.63) is 29.6 Å². The molecule has 0 saturated heterocycles. The first-order chi connectivity index (χ1) is 8.54. The van der Waals surface area contributed by atoms with E-state index in [1.807, 2.05) is 0 Å². The van der Waals surface area contributed by atoms with E-state index in [1.165, 1.54) is 12.1 Å². The molecule has 18 heavy (non-hydrogen) atoms. The molecule has 0 heterocycles. The van der Waals surface area contributed by atoms with Gasteiger partial charge in [-0.05, 0) is 18.2 Å². The van der Waals surface area contributed by atoms with Crippen molar-refractivity contribution < 1.29 is 18.7 Å². The van der Waals surface area contributed by atoms with E-state index >= 15 is 0 Å². The lowest BCUT2D eigenvalue weighted by atomic mass is 10.2. The van der Waals surface area contributed by atoms with Crippen LogP contribution in [0.4, 0.5) is 10.1 Å². The molecule has 5 N–H and O–H groups in total. The normalized spacial score (nSPS) is 10.1. The number of anilines is 1. The van der Waals surface area contributed by atoms with Crippen LogP contribution in [-0.2, 0) is 9.53 Å². The van der Waals surface area contributed by atoms with E-state index in [2.05, 4.69) is 5.32 Å². The molecule has 2 amide bonds. The topological polar surface area (TPSA) is 107 Å². The summed E-state index contributed by atoms with van der Waals surface area (Å²) in [5.41, 5.74) is 10.2. The Kier molecular flexibility index (Phi) is 5.22. The number of halogens is 1. The van der Waals surface area contributed by atoms with E-state index in [-0.39, 0.29) is 24.5 Å². The number of carbonyl (C=O) groups is 2. The van der Waals surface area contributed by atoms with Crippen molar-refractivity contribution in [1.82, 2.24) is 0 Å². The van der Waals surface area contributed by atoms with Gasteiger partial charge in [-0.1, -0.05) is 0 Å². The predicted octanol–water partition coefficient (Wildman–Crippen LogP) is -0.162. The molecule has 0 atom stereocenters. The monoisotopic (exact) mass is 255 g/mol. The maximum Gasteiger partial charge on any atom is 0.250 e. The van der Waals surface area contributed by atoms with Gasteiger partial charge >= 0.3 is 0 Å². The van der Waals surface area contributed by atoms with Crippen molar-refractivity contribution in [2.24, 2.45) is 11.5 Å². The SMILES string of the molecule is NCCOCC(=O)Nc1cc(C(N)=O)ccc1F. The minimum Gasteiger partial charge on any atom is -0.370 e. The van der Waals surface area contributed by atoms with Crippen LogP contribution in [-0.4, -0.2) is 31.6 Å². The molecule has 0 spiro atoms. The molecular weight excluding hydrogens is 241 g/mol. The number of primary amides is 1. The van der Waals surface area contributed by atoms with Gasteiger partial charge in [-0.3, -0.25) is 9.59 Å². The van der Waals surface area contributed by atoms with Crippen molar-refractivity contribution >= 4 is 17.5 Å². The highest BCUT2D eigenvalue weighted by molar-refractivity contribution is 5.96. The molecule has 98 valence electrons. The molecule has 1 rings (SSSR count). The van der Waals surface area contributed by atoms with Crippen LogP contribution < -0.4 is 16.8 Å². The van der Waals surface area contributed by atoms with Gasteiger partial charge in [-0.25, -0.2) is 4.39 Å². The van der Waals surface area contributed by atoms with Crippen molar-refractivity contribution in [2.75, 3.05) is 25.1 Å². The van der Waals surface area contributed by atoms with Gasteiger partial charge in [0.1, 0.15) is 12.4 Å². The number of hydrogen-bond donors (Lipinski definition) is 3. The summed E-state index contributed by atoms with van der Waals surface area (Å²) >= 11 is 0. The van der Waals surface area contributed by atoms with Gasteiger partial charge < -0.3 is 21.5 Å². The van der Waals surface area contributed by atoms with E-state index in [1.54, 1.807) is 0 Å². The fourth-order valence-corrected chi connectivity index (χ4v) is 1.21. The Hall–Kier alpha value is -1.99. The number of nitrogens with one attached hydrogen (secondary N) is 1. The highest BCUT2D eigenvalue weighted by Crippen LogP contribution is 2.15. The number of hydrogen-bond acceptors (Lipinski definition) is 4. The van der Waals surface area contributed by atoms with E-state index in [4.69, 9.17) is 16.2 Å². The van der Waals surface area contributed by atoms with E-state index in [0.29, 0.717) is 6.54 Å². The largest absolute Gasteiger partial charge is 0.370 e. The maximum absolute atomic E-state index is 13.4. The second kappa shape index (κ2) is 6.67. The Morgan fingerprint density at radius 2 is 2.11 bits per heavy atom. The summed E-state index contributed by atoms with van der Waals surface area (Å²) in [7, 11) is 0. The molecule has 0 bridgehead atoms. The third kappa shape index (κ3) is 4.11. The lowest BCUT2D eigenvalue weighted by Gasteiger charge is -2.07. The van der Waals surface area contributed by atoms with Crippen molar-refractivity contribution in [1.29, 1.82) is 0 Å². The number of carbonyl (C=O) groups excluding carboxylic acids is 2. The molecule has 0 unspecified atom stereocenters. The molecule has 0 saturated carbocycles. The molecule has 1 aromatic rings. The first kappa shape index (κ1) is 14.1. The zero-order valence-corrected chi connectivity index (χ0v) is 9.61. The van der Waals surface area contributed by atoms with Crippen LogP contribution in [0.1, 0.15) is 10.4 Å². The zero-order chi connectivity index (χ0) is 13.5. The Morgan fingerprint density at radius 1 is 1.39 bits per heavy atom. The van der Waals surface area contributed by atoms with Crippen LogP contribution in [0.3, 0.4) is 0 Å². The fourth-order valence-electron chi connectivity index (χ4n) is 1.21. The minimum atomic E-state index is -0.704. The molecule has 0 aromatic heterocycles. The van der Waals surface area contributed by atoms with Gasteiger partial charge in [-0.15, -0.1) is 0 Å². The van der Waals surface area contributed by atoms with Crippen LogP contribution in [0, 0.1) is 5.82 Å². The van der Waals surface area contributed by atoms with E-state index < -0.39 is 17.6 Å². The average molecular weight is 255 g/mol. The highest BCUT2D eigenvalue weighted by Gasteiger charge is 2.10. The molecule has 0 aliphatic heterocycles. The van der Waals surface area contributed by atoms with Gasteiger partial charge in [0, 0.05) is 12.1 Å². The minimum absolute atomic E-state index is 0.106. The smallest absolute Gasteiger partial charge is 0.250 e. The molecule has 0 radical (unpaired) electrons. The summed E-state index contributed by atoms with van der Waals surface area (Å²) in [6, 6.07) is 3.45. The molecule has 0 fully saturated rings. The first-order valence-corrected chi connectivity index (χ1v) is 5.21. The fraction of sp³-hybridized carbons (Fsp3) is 0.273. The lowest BCUT2D eigenvalue weighted by molar-refractivity contribution is -0.120. The van der Waals surface area contributed by atoms with Crippen molar-refractivity contribution in [3.8, 4) is 0 Å². The summed E-state index contributed by atoms with van der Waals surface area (Å²) in [6.07, 6.45) is 0. The van der Waals surface area contributed by atoms with Crippen LogP contribution in [0.2, 0.25) is 0 Å². The average Bonchev–Trinajstić information content (AvgIpc) is 2.32. The lowest BCUT2D eigenvalue weighted by Crippen LogP contribution is -2.21. The second-order valence-corrected chi connectivity index (χ2v) is 3.45. The summed E-state index contributed by atoms with van der Waals surface area (Å²) in [4.78, 5) is 22.3. The molecule has 6 nitrogen and oxygen atoms in total. The quantitative estimate of drug-likeness (QED) is 0.614.